The van der Waals surface area contributed by atoms with Gasteiger partial charge in [0.1, 0.15) is 0 Å². The fourth-order valence-electron chi connectivity index (χ4n) is 1.18. The molecule has 2 heteroatoms. The highest BCUT2D eigenvalue weighted by molar-refractivity contribution is 4.54. The molecule has 1 unspecified atom stereocenters. The number of hydrogen-bond acceptors (Lipinski definition) is 2. The monoisotopic (exact) mass is 187 g/mol. The first kappa shape index (κ1) is 12.9. The van der Waals surface area contributed by atoms with E-state index in [2.05, 4.69) is 26.1 Å². The van der Waals surface area contributed by atoms with Gasteiger partial charge < -0.3 is 10.4 Å². The number of aliphatic hydroxyl groups is 1. The first-order valence-corrected chi connectivity index (χ1v) is 5.48. The molecule has 13 heavy (non-hydrogen) atoms. The molecule has 0 spiro atoms. The highest BCUT2D eigenvalue weighted by atomic mass is 16.3. The lowest BCUT2D eigenvalue weighted by molar-refractivity contribution is 0.228. The topological polar surface area (TPSA) is 32.3 Å². The van der Waals surface area contributed by atoms with Crippen LogP contribution in [0.3, 0.4) is 0 Å². The maximum absolute atomic E-state index is 8.79. The van der Waals surface area contributed by atoms with Gasteiger partial charge >= 0.3 is 0 Å². The lowest BCUT2D eigenvalue weighted by Crippen LogP contribution is -2.18. The molecule has 0 saturated carbocycles. The van der Waals surface area contributed by atoms with Crippen LogP contribution < -0.4 is 5.32 Å². The van der Waals surface area contributed by atoms with Crippen LogP contribution in [0.25, 0.3) is 0 Å². The highest BCUT2D eigenvalue weighted by Crippen LogP contribution is 2.02. The summed E-state index contributed by atoms with van der Waals surface area (Å²) in [5.74, 6) is 1.26. The Morgan fingerprint density at radius 3 is 2.31 bits per heavy atom. The Hall–Kier alpha value is -0.0800. The summed E-state index contributed by atoms with van der Waals surface area (Å²) in [6.07, 6.45) is 3.57. The fourth-order valence-corrected chi connectivity index (χ4v) is 1.18. The molecule has 0 bridgehead atoms. The molecule has 0 aromatic carbocycles. The molecule has 1 atom stereocenters. The van der Waals surface area contributed by atoms with Gasteiger partial charge in [0.2, 0.25) is 0 Å². The number of hydrogen-bond donors (Lipinski definition) is 2. The summed E-state index contributed by atoms with van der Waals surface area (Å²) in [5, 5.41) is 12.2. The summed E-state index contributed by atoms with van der Waals surface area (Å²) in [6.45, 7) is 9.13. The Kier molecular flexibility index (Phi) is 8.46. The lowest BCUT2D eigenvalue weighted by Gasteiger charge is -2.09. The zero-order chi connectivity index (χ0) is 10.1. The van der Waals surface area contributed by atoms with Crippen LogP contribution in [0.2, 0.25) is 0 Å². The fraction of sp³-hybridized carbons (Fsp3) is 1.00. The average Bonchev–Trinajstić information content (AvgIpc) is 2.10. The van der Waals surface area contributed by atoms with Crippen LogP contribution in [0.15, 0.2) is 0 Å². The minimum Gasteiger partial charge on any atom is -0.396 e. The third-order valence-electron chi connectivity index (χ3n) is 2.26. The van der Waals surface area contributed by atoms with Crippen molar-refractivity contribution in [3.05, 3.63) is 0 Å². The van der Waals surface area contributed by atoms with Crippen LogP contribution in [0, 0.1) is 11.8 Å². The number of aliphatic hydroxyl groups excluding tert-OH is 1. The van der Waals surface area contributed by atoms with Crippen LogP contribution in [0.5, 0.6) is 0 Å². The van der Waals surface area contributed by atoms with Gasteiger partial charge in [-0.05, 0) is 44.2 Å². The van der Waals surface area contributed by atoms with E-state index in [9.17, 15) is 0 Å². The van der Waals surface area contributed by atoms with E-state index in [1.54, 1.807) is 0 Å². The van der Waals surface area contributed by atoms with E-state index in [1.807, 2.05) is 0 Å². The Bertz CT molecular complexity index is 104. The second-order valence-corrected chi connectivity index (χ2v) is 4.36. The summed E-state index contributed by atoms with van der Waals surface area (Å²) in [6, 6.07) is 0. The lowest BCUT2D eigenvalue weighted by atomic mass is 10.1. The molecule has 0 aromatic rings. The van der Waals surface area contributed by atoms with Crippen molar-refractivity contribution in [3.63, 3.8) is 0 Å². The number of rotatable bonds is 8. The van der Waals surface area contributed by atoms with Crippen molar-refractivity contribution in [2.24, 2.45) is 11.8 Å². The van der Waals surface area contributed by atoms with Gasteiger partial charge in [-0.2, -0.15) is 0 Å². The summed E-state index contributed by atoms with van der Waals surface area (Å²) >= 11 is 0. The molecule has 0 aromatic heterocycles. The van der Waals surface area contributed by atoms with Gasteiger partial charge in [-0.25, -0.2) is 0 Å². The van der Waals surface area contributed by atoms with Gasteiger partial charge in [-0.3, -0.25) is 0 Å². The van der Waals surface area contributed by atoms with Crippen molar-refractivity contribution in [1.29, 1.82) is 0 Å². The van der Waals surface area contributed by atoms with Crippen molar-refractivity contribution in [1.82, 2.24) is 5.32 Å². The van der Waals surface area contributed by atoms with Crippen LogP contribution >= 0.6 is 0 Å². The van der Waals surface area contributed by atoms with Crippen molar-refractivity contribution in [2.75, 3.05) is 19.7 Å². The molecule has 80 valence electrons. The van der Waals surface area contributed by atoms with Crippen LogP contribution in [0.4, 0.5) is 0 Å². The molecule has 0 amide bonds. The summed E-state index contributed by atoms with van der Waals surface area (Å²) < 4.78 is 0. The van der Waals surface area contributed by atoms with Gasteiger partial charge in [-0.1, -0.05) is 20.8 Å². The third kappa shape index (κ3) is 9.84. The molecule has 0 radical (unpaired) electrons. The SMILES string of the molecule is CC(C)CCNCCCC(C)CO. The van der Waals surface area contributed by atoms with Crippen molar-refractivity contribution < 1.29 is 5.11 Å². The van der Waals surface area contributed by atoms with E-state index in [4.69, 9.17) is 5.11 Å². The second-order valence-electron chi connectivity index (χ2n) is 4.36. The van der Waals surface area contributed by atoms with Gasteiger partial charge in [0.15, 0.2) is 0 Å². The largest absolute Gasteiger partial charge is 0.396 e. The van der Waals surface area contributed by atoms with Gasteiger partial charge in [0.05, 0.1) is 0 Å². The van der Waals surface area contributed by atoms with E-state index in [0.717, 1.165) is 25.4 Å². The molecule has 2 nitrogen and oxygen atoms in total. The maximum Gasteiger partial charge on any atom is 0.0456 e. The van der Waals surface area contributed by atoms with Crippen molar-refractivity contribution in [2.45, 2.75) is 40.0 Å². The molecule has 0 aliphatic rings. The summed E-state index contributed by atoms with van der Waals surface area (Å²) in [5.41, 5.74) is 0. The second kappa shape index (κ2) is 8.52. The van der Waals surface area contributed by atoms with Gasteiger partial charge in [0, 0.05) is 6.61 Å². The maximum atomic E-state index is 8.79. The molecular formula is C11H25NO. The molecular weight excluding hydrogens is 162 g/mol. The van der Waals surface area contributed by atoms with Crippen LogP contribution in [-0.2, 0) is 0 Å². The van der Waals surface area contributed by atoms with Gasteiger partial charge in [0.25, 0.3) is 0 Å². The van der Waals surface area contributed by atoms with E-state index < -0.39 is 0 Å². The first-order valence-electron chi connectivity index (χ1n) is 5.48. The minimum atomic E-state index is 0.325. The Labute approximate surface area is 82.7 Å². The van der Waals surface area contributed by atoms with Crippen LogP contribution in [0.1, 0.15) is 40.0 Å². The smallest absolute Gasteiger partial charge is 0.0456 e. The zero-order valence-electron chi connectivity index (χ0n) is 9.34. The molecule has 0 aliphatic heterocycles. The van der Waals surface area contributed by atoms with E-state index >= 15 is 0 Å². The average molecular weight is 187 g/mol. The van der Waals surface area contributed by atoms with Crippen LogP contribution in [-0.4, -0.2) is 24.8 Å². The molecule has 2 N–H and O–H groups in total. The van der Waals surface area contributed by atoms with Crippen molar-refractivity contribution >= 4 is 0 Å². The third-order valence-corrected chi connectivity index (χ3v) is 2.26. The zero-order valence-corrected chi connectivity index (χ0v) is 9.34. The predicted octanol–water partition coefficient (Wildman–Crippen LogP) is 2.03. The summed E-state index contributed by atoms with van der Waals surface area (Å²) in [7, 11) is 0. The minimum absolute atomic E-state index is 0.325. The summed E-state index contributed by atoms with van der Waals surface area (Å²) in [4.78, 5) is 0. The van der Waals surface area contributed by atoms with E-state index in [0.29, 0.717) is 12.5 Å². The van der Waals surface area contributed by atoms with Gasteiger partial charge in [-0.15, -0.1) is 0 Å². The standard InChI is InChI=1S/C11H25NO/c1-10(2)6-8-12-7-4-5-11(3)9-13/h10-13H,4-9H2,1-3H3. The predicted molar refractivity (Wildman–Crippen MR) is 57.8 cm³/mol. The molecule has 0 saturated heterocycles. The highest BCUT2D eigenvalue weighted by Gasteiger charge is 1.98. The number of nitrogens with one attached hydrogen (secondary N) is 1. The normalized spacial score (nSPS) is 13.6. The molecule has 0 fully saturated rings. The molecule has 0 rings (SSSR count). The first-order chi connectivity index (χ1) is 6.16. The Morgan fingerprint density at radius 1 is 1.08 bits per heavy atom. The quantitative estimate of drug-likeness (QED) is 0.570. The molecule has 0 aliphatic carbocycles. The molecule has 0 heterocycles. The van der Waals surface area contributed by atoms with Crippen molar-refractivity contribution in [3.8, 4) is 0 Å². The Balaban J connectivity index is 2.99. The van der Waals surface area contributed by atoms with E-state index in [-0.39, 0.29) is 0 Å². The Morgan fingerprint density at radius 2 is 1.77 bits per heavy atom. The van der Waals surface area contributed by atoms with E-state index in [1.165, 1.54) is 12.8 Å².